The summed E-state index contributed by atoms with van der Waals surface area (Å²) >= 11 is 0. The number of halogens is 3. The van der Waals surface area contributed by atoms with Gasteiger partial charge in [0.1, 0.15) is 0 Å². The Morgan fingerprint density at radius 2 is 1.65 bits per heavy atom. The van der Waals surface area contributed by atoms with Crippen molar-refractivity contribution >= 4 is 0 Å². The lowest BCUT2D eigenvalue weighted by Crippen LogP contribution is -2.17. The van der Waals surface area contributed by atoms with Gasteiger partial charge in [0.2, 0.25) is 0 Å². The molecule has 1 aromatic rings. The van der Waals surface area contributed by atoms with Crippen molar-refractivity contribution in [2.75, 3.05) is 0 Å². The molecule has 0 heterocycles. The average Bonchev–Trinajstić information content (AvgIpc) is 2.32. The predicted octanol–water partition coefficient (Wildman–Crippen LogP) is 3.93. The van der Waals surface area contributed by atoms with Crippen molar-refractivity contribution < 1.29 is 13.2 Å². The Morgan fingerprint density at radius 3 is 2.18 bits per heavy atom. The average molecular weight is 245 g/mol. The van der Waals surface area contributed by atoms with Crippen molar-refractivity contribution in [2.45, 2.75) is 39.2 Å². The first-order valence-corrected chi connectivity index (χ1v) is 5.90. The van der Waals surface area contributed by atoms with E-state index >= 15 is 0 Å². The summed E-state index contributed by atoms with van der Waals surface area (Å²) in [5, 5.41) is 0. The molecule has 0 saturated heterocycles. The molecule has 1 nitrogen and oxygen atoms in total. The second-order valence-electron chi connectivity index (χ2n) is 4.29. The molecule has 2 N–H and O–H groups in total. The summed E-state index contributed by atoms with van der Waals surface area (Å²) in [6.45, 7) is 4.06. The summed E-state index contributed by atoms with van der Waals surface area (Å²) in [6.07, 6.45) is 2.46. The molecule has 1 rings (SSSR count). The molecule has 1 unspecified atom stereocenters. The molecular weight excluding hydrogens is 227 g/mol. The molecule has 17 heavy (non-hydrogen) atoms. The molecule has 0 aliphatic heterocycles. The van der Waals surface area contributed by atoms with Crippen molar-refractivity contribution in [3.05, 3.63) is 35.1 Å². The lowest BCUT2D eigenvalue weighted by atomic mass is 9.91. The quantitative estimate of drug-likeness (QED) is 0.781. The standard InChI is InChI=1S/C13H18F3N/c1-3-8(4-2)7-11(17)9-5-6-10(14)13(16)12(9)15/h5-6,8,11H,3-4,7,17H2,1-2H3. The van der Waals surface area contributed by atoms with Gasteiger partial charge in [0.05, 0.1) is 0 Å². The van der Waals surface area contributed by atoms with Crippen molar-refractivity contribution in [2.24, 2.45) is 11.7 Å². The first kappa shape index (κ1) is 14.0. The van der Waals surface area contributed by atoms with Crippen LogP contribution in [-0.2, 0) is 0 Å². The molecule has 0 spiro atoms. The van der Waals surface area contributed by atoms with Crippen LogP contribution in [0.2, 0.25) is 0 Å². The Morgan fingerprint density at radius 1 is 1.06 bits per heavy atom. The van der Waals surface area contributed by atoms with Crippen LogP contribution in [0.25, 0.3) is 0 Å². The second kappa shape index (κ2) is 6.05. The molecule has 1 aromatic carbocycles. The summed E-state index contributed by atoms with van der Waals surface area (Å²) in [4.78, 5) is 0. The highest BCUT2D eigenvalue weighted by Crippen LogP contribution is 2.26. The minimum atomic E-state index is -1.44. The smallest absolute Gasteiger partial charge is 0.194 e. The van der Waals surface area contributed by atoms with E-state index in [-0.39, 0.29) is 5.56 Å². The number of benzene rings is 1. The lowest BCUT2D eigenvalue weighted by Gasteiger charge is -2.19. The number of nitrogens with two attached hydrogens (primary N) is 1. The molecule has 0 aromatic heterocycles. The van der Waals surface area contributed by atoms with Crippen molar-refractivity contribution in [1.29, 1.82) is 0 Å². The highest BCUT2D eigenvalue weighted by Gasteiger charge is 2.20. The Bertz CT molecular complexity index is 375. The SMILES string of the molecule is CCC(CC)CC(N)c1ccc(F)c(F)c1F. The molecule has 4 heteroatoms. The fraction of sp³-hybridized carbons (Fsp3) is 0.538. The van der Waals surface area contributed by atoms with Gasteiger partial charge in [0.25, 0.3) is 0 Å². The van der Waals surface area contributed by atoms with Gasteiger partial charge in [-0.3, -0.25) is 0 Å². The van der Waals surface area contributed by atoms with E-state index in [0.29, 0.717) is 12.3 Å². The van der Waals surface area contributed by atoms with E-state index in [1.807, 2.05) is 13.8 Å². The van der Waals surface area contributed by atoms with Gasteiger partial charge in [-0.15, -0.1) is 0 Å². The Kier molecular flexibility index (Phi) is 5.00. The highest BCUT2D eigenvalue weighted by molar-refractivity contribution is 5.23. The second-order valence-corrected chi connectivity index (χ2v) is 4.29. The summed E-state index contributed by atoms with van der Waals surface area (Å²) in [5.74, 6) is -3.41. The highest BCUT2D eigenvalue weighted by atomic mass is 19.2. The maximum absolute atomic E-state index is 13.5. The van der Waals surface area contributed by atoms with E-state index < -0.39 is 23.5 Å². The summed E-state index contributed by atoms with van der Waals surface area (Å²) in [6, 6.07) is 1.55. The minimum Gasteiger partial charge on any atom is -0.324 e. The first-order valence-electron chi connectivity index (χ1n) is 5.90. The van der Waals surface area contributed by atoms with Gasteiger partial charge in [-0.2, -0.15) is 0 Å². The predicted molar refractivity (Wildman–Crippen MR) is 61.9 cm³/mol. The van der Waals surface area contributed by atoms with Crippen LogP contribution in [0.15, 0.2) is 12.1 Å². The van der Waals surface area contributed by atoms with Gasteiger partial charge in [-0.05, 0) is 18.4 Å². The molecule has 0 radical (unpaired) electrons. The van der Waals surface area contributed by atoms with E-state index in [2.05, 4.69) is 0 Å². The molecule has 0 amide bonds. The van der Waals surface area contributed by atoms with Crippen LogP contribution < -0.4 is 5.73 Å². The maximum Gasteiger partial charge on any atom is 0.194 e. The zero-order valence-electron chi connectivity index (χ0n) is 10.1. The number of rotatable bonds is 5. The molecule has 96 valence electrons. The van der Waals surface area contributed by atoms with Crippen LogP contribution in [0, 0.1) is 23.4 Å². The molecular formula is C13H18F3N. The van der Waals surface area contributed by atoms with E-state index in [1.165, 1.54) is 6.07 Å². The van der Waals surface area contributed by atoms with E-state index in [1.54, 1.807) is 0 Å². The molecule has 0 fully saturated rings. The molecule has 0 saturated carbocycles. The molecule has 1 atom stereocenters. The largest absolute Gasteiger partial charge is 0.324 e. The van der Waals surface area contributed by atoms with Crippen LogP contribution in [-0.4, -0.2) is 0 Å². The minimum absolute atomic E-state index is 0.0517. The van der Waals surface area contributed by atoms with Gasteiger partial charge < -0.3 is 5.73 Å². The van der Waals surface area contributed by atoms with Crippen LogP contribution in [0.1, 0.15) is 44.7 Å². The summed E-state index contributed by atoms with van der Waals surface area (Å²) in [5.41, 5.74) is 5.89. The van der Waals surface area contributed by atoms with Crippen molar-refractivity contribution in [1.82, 2.24) is 0 Å². The lowest BCUT2D eigenvalue weighted by molar-refractivity contribution is 0.393. The molecule has 0 aliphatic carbocycles. The maximum atomic E-state index is 13.5. The fourth-order valence-electron chi connectivity index (χ4n) is 1.94. The number of hydrogen-bond acceptors (Lipinski definition) is 1. The number of hydrogen-bond donors (Lipinski definition) is 1. The molecule has 0 aliphatic rings. The van der Waals surface area contributed by atoms with Crippen molar-refractivity contribution in [3.8, 4) is 0 Å². The van der Waals surface area contributed by atoms with E-state index in [0.717, 1.165) is 18.9 Å². The molecule has 0 bridgehead atoms. The third-order valence-electron chi connectivity index (χ3n) is 3.21. The Hall–Kier alpha value is -1.03. The van der Waals surface area contributed by atoms with Crippen LogP contribution in [0.5, 0.6) is 0 Å². The summed E-state index contributed by atoms with van der Waals surface area (Å²) < 4.78 is 39.3. The topological polar surface area (TPSA) is 26.0 Å². The van der Waals surface area contributed by atoms with Crippen LogP contribution in [0.4, 0.5) is 13.2 Å². The summed E-state index contributed by atoms with van der Waals surface area (Å²) in [7, 11) is 0. The van der Waals surface area contributed by atoms with E-state index in [9.17, 15) is 13.2 Å². The van der Waals surface area contributed by atoms with Gasteiger partial charge in [-0.25, -0.2) is 13.2 Å². The zero-order valence-corrected chi connectivity index (χ0v) is 10.1. The fourth-order valence-corrected chi connectivity index (χ4v) is 1.94. The van der Waals surface area contributed by atoms with Crippen LogP contribution in [0.3, 0.4) is 0 Å². The van der Waals surface area contributed by atoms with Crippen molar-refractivity contribution in [3.63, 3.8) is 0 Å². The van der Waals surface area contributed by atoms with Gasteiger partial charge in [0, 0.05) is 11.6 Å². The first-order chi connectivity index (χ1) is 8.01. The zero-order chi connectivity index (χ0) is 13.0. The van der Waals surface area contributed by atoms with E-state index in [4.69, 9.17) is 5.73 Å². The van der Waals surface area contributed by atoms with Gasteiger partial charge in [-0.1, -0.05) is 32.8 Å². The monoisotopic (exact) mass is 245 g/mol. The van der Waals surface area contributed by atoms with Crippen LogP contribution >= 0.6 is 0 Å². The van der Waals surface area contributed by atoms with Gasteiger partial charge in [0.15, 0.2) is 17.5 Å². The normalized spacial score (nSPS) is 13.1. The third kappa shape index (κ3) is 3.22. The third-order valence-corrected chi connectivity index (χ3v) is 3.21. The van der Waals surface area contributed by atoms with Gasteiger partial charge >= 0.3 is 0 Å². The Labute approximate surface area is 99.8 Å². The Balaban J connectivity index is 2.89.